The van der Waals surface area contributed by atoms with Gasteiger partial charge < -0.3 is 8.98 Å². The topological polar surface area (TPSA) is 18.1 Å². The van der Waals surface area contributed by atoms with Gasteiger partial charge in [0, 0.05) is 27.1 Å². The third-order valence-corrected chi connectivity index (χ3v) is 10.0. The number of furan rings is 1. The van der Waals surface area contributed by atoms with E-state index in [2.05, 4.69) is 180 Å². The zero-order valence-electron chi connectivity index (χ0n) is 27.3. The molecule has 234 valence electrons. The van der Waals surface area contributed by atoms with Gasteiger partial charge in [0.1, 0.15) is 11.2 Å². The van der Waals surface area contributed by atoms with Crippen molar-refractivity contribution in [2.24, 2.45) is 0 Å². The lowest BCUT2D eigenvalue weighted by atomic mass is 9.97. The van der Waals surface area contributed by atoms with E-state index < -0.39 is 0 Å². The monoisotopic (exact) mass is 637 g/mol. The second-order valence-corrected chi connectivity index (χ2v) is 12.9. The summed E-state index contributed by atoms with van der Waals surface area (Å²) in [5.41, 5.74) is 14.9. The molecule has 0 saturated carbocycles. The Hall–Kier alpha value is -6.64. The average molecular weight is 638 g/mol. The van der Waals surface area contributed by atoms with Crippen molar-refractivity contribution in [3.8, 4) is 50.2 Å². The SMILES string of the molecule is c1ccc(-c2ccc3c(c2)c2cc(-c4ccccc4)ccc2n3-c2ccccc2-c2cccc(-c3ccc4oc5ccccc5c4c3)c2)cc1. The first kappa shape index (κ1) is 28.4. The number of hydrogen-bond acceptors (Lipinski definition) is 1. The van der Waals surface area contributed by atoms with Gasteiger partial charge in [-0.1, -0.05) is 133 Å². The van der Waals surface area contributed by atoms with Crippen molar-refractivity contribution < 1.29 is 4.42 Å². The summed E-state index contributed by atoms with van der Waals surface area (Å²) in [6, 6.07) is 67.6. The molecule has 2 heterocycles. The predicted octanol–water partition coefficient (Wildman–Crippen LogP) is 13.4. The van der Waals surface area contributed by atoms with Gasteiger partial charge in [0.15, 0.2) is 0 Å². The smallest absolute Gasteiger partial charge is 0.135 e. The summed E-state index contributed by atoms with van der Waals surface area (Å²) in [5.74, 6) is 0. The molecule has 0 aliphatic heterocycles. The molecule has 0 fully saturated rings. The minimum Gasteiger partial charge on any atom is -0.456 e. The minimum atomic E-state index is 0.911. The normalized spacial score (nSPS) is 11.6. The fraction of sp³-hybridized carbons (Fsp3) is 0. The van der Waals surface area contributed by atoms with E-state index in [1.165, 1.54) is 66.3 Å². The molecule has 0 aliphatic rings. The molecule has 50 heavy (non-hydrogen) atoms. The van der Waals surface area contributed by atoms with Crippen LogP contribution in [-0.2, 0) is 0 Å². The van der Waals surface area contributed by atoms with E-state index >= 15 is 0 Å². The number of fused-ring (bicyclic) bond motifs is 6. The lowest BCUT2D eigenvalue weighted by Gasteiger charge is -2.15. The van der Waals surface area contributed by atoms with Crippen molar-refractivity contribution in [1.29, 1.82) is 0 Å². The molecule has 2 aromatic heterocycles. The second-order valence-electron chi connectivity index (χ2n) is 12.9. The van der Waals surface area contributed by atoms with Crippen LogP contribution in [0.1, 0.15) is 0 Å². The van der Waals surface area contributed by atoms with Crippen LogP contribution in [0.3, 0.4) is 0 Å². The molecule has 0 radical (unpaired) electrons. The number of benzene rings is 8. The van der Waals surface area contributed by atoms with Crippen LogP contribution in [0.4, 0.5) is 0 Å². The van der Waals surface area contributed by atoms with Crippen molar-refractivity contribution in [3.05, 3.63) is 188 Å². The molecular weight excluding hydrogens is 607 g/mol. The van der Waals surface area contributed by atoms with Crippen LogP contribution in [0, 0.1) is 0 Å². The Morgan fingerprint density at radius 3 is 1.52 bits per heavy atom. The fourth-order valence-electron chi connectivity index (χ4n) is 7.59. The Bertz CT molecular complexity index is 2760. The van der Waals surface area contributed by atoms with E-state index in [0.29, 0.717) is 0 Å². The zero-order chi connectivity index (χ0) is 33.0. The van der Waals surface area contributed by atoms with E-state index in [1.807, 2.05) is 12.1 Å². The summed E-state index contributed by atoms with van der Waals surface area (Å²) < 4.78 is 8.57. The molecule has 0 aliphatic carbocycles. The van der Waals surface area contributed by atoms with Crippen LogP contribution < -0.4 is 0 Å². The van der Waals surface area contributed by atoms with Gasteiger partial charge in [-0.05, 0) is 93.5 Å². The van der Waals surface area contributed by atoms with Crippen LogP contribution in [0.2, 0.25) is 0 Å². The molecule has 10 aromatic rings. The van der Waals surface area contributed by atoms with E-state index in [0.717, 1.165) is 27.6 Å². The van der Waals surface area contributed by atoms with Gasteiger partial charge >= 0.3 is 0 Å². The summed E-state index contributed by atoms with van der Waals surface area (Å²) in [6.45, 7) is 0. The average Bonchev–Trinajstić information content (AvgIpc) is 3.73. The van der Waals surface area contributed by atoms with Crippen LogP contribution in [0.15, 0.2) is 192 Å². The highest BCUT2D eigenvalue weighted by Gasteiger charge is 2.18. The van der Waals surface area contributed by atoms with Crippen molar-refractivity contribution >= 4 is 43.7 Å². The van der Waals surface area contributed by atoms with E-state index in [1.54, 1.807) is 0 Å². The predicted molar refractivity (Wildman–Crippen MR) is 210 cm³/mol. The highest BCUT2D eigenvalue weighted by Crippen LogP contribution is 2.40. The Balaban J connectivity index is 1.16. The highest BCUT2D eigenvalue weighted by atomic mass is 16.3. The van der Waals surface area contributed by atoms with Gasteiger partial charge in [0.05, 0.1) is 16.7 Å². The molecule has 2 heteroatoms. The van der Waals surface area contributed by atoms with Crippen LogP contribution in [0.5, 0.6) is 0 Å². The molecule has 0 amide bonds. The van der Waals surface area contributed by atoms with Gasteiger partial charge in [-0.15, -0.1) is 0 Å². The largest absolute Gasteiger partial charge is 0.456 e. The fourth-order valence-corrected chi connectivity index (χ4v) is 7.59. The van der Waals surface area contributed by atoms with E-state index in [-0.39, 0.29) is 0 Å². The maximum absolute atomic E-state index is 6.13. The first-order valence-electron chi connectivity index (χ1n) is 17.1. The first-order valence-corrected chi connectivity index (χ1v) is 17.1. The van der Waals surface area contributed by atoms with Gasteiger partial charge in [-0.3, -0.25) is 0 Å². The van der Waals surface area contributed by atoms with Gasteiger partial charge in [-0.25, -0.2) is 0 Å². The number of aromatic nitrogens is 1. The zero-order valence-corrected chi connectivity index (χ0v) is 27.3. The minimum absolute atomic E-state index is 0.911. The third-order valence-electron chi connectivity index (χ3n) is 10.0. The lowest BCUT2D eigenvalue weighted by Crippen LogP contribution is -1.97. The summed E-state index contributed by atoms with van der Waals surface area (Å²) in [4.78, 5) is 0. The van der Waals surface area contributed by atoms with Crippen LogP contribution >= 0.6 is 0 Å². The van der Waals surface area contributed by atoms with E-state index in [4.69, 9.17) is 4.42 Å². The Morgan fingerprint density at radius 1 is 0.300 bits per heavy atom. The van der Waals surface area contributed by atoms with Gasteiger partial charge in [0.2, 0.25) is 0 Å². The first-order chi connectivity index (χ1) is 24.8. The quantitative estimate of drug-likeness (QED) is 0.184. The summed E-state index contributed by atoms with van der Waals surface area (Å²) in [6.07, 6.45) is 0. The lowest BCUT2D eigenvalue weighted by molar-refractivity contribution is 0.669. The molecule has 0 N–H and O–H groups in total. The maximum atomic E-state index is 6.13. The number of nitrogens with zero attached hydrogens (tertiary/aromatic N) is 1. The molecule has 0 spiro atoms. The molecule has 0 saturated heterocycles. The third kappa shape index (κ3) is 4.65. The molecule has 0 atom stereocenters. The standard InChI is InChI=1S/C48H31NO/c1-3-12-32(13-4-1)35-22-25-45-41(29-35)42-30-36(33-14-5-2-6-15-33)23-26-46(42)49(45)44-20-9-7-18-39(44)38-17-11-16-34(28-38)37-24-27-48-43(31-37)40-19-8-10-21-47(40)50-48/h1-31H. The van der Waals surface area contributed by atoms with E-state index in [9.17, 15) is 0 Å². The Labute approximate surface area is 290 Å². The van der Waals surface area contributed by atoms with Crippen molar-refractivity contribution in [2.45, 2.75) is 0 Å². The second kappa shape index (κ2) is 11.5. The Morgan fingerprint density at radius 2 is 0.800 bits per heavy atom. The summed E-state index contributed by atoms with van der Waals surface area (Å²) in [7, 11) is 0. The molecule has 0 bridgehead atoms. The van der Waals surface area contributed by atoms with Crippen LogP contribution in [0.25, 0.3) is 93.9 Å². The number of rotatable bonds is 5. The summed E-state index contributed by atoms with van der Waals surface area (Å²) in [5, 5.41) is 4.76. The number of hydrogen-bond donors (Lipinski definition) is 0. The van der Waals surface area contributed by atoms with Gasteiger partial charge in [0.25, 0.3) is 0 Å². The van der Waals surface area contributed by atoms with Crippen molar-refractivity contribution in [2.75, 3.05) is 0 Å². The van der Waals surface area contributed by atoms with Crippen molar-refractivity contribution in [1.82, 2.24) is 4.57 Å². The molecule has 10 rings (SSSR count). The van der Waals surface area contributed by atoms with Crippen LogP contribution in [-0.4, -0.2) is 4.57 Å². The Kier molecular flexibility index (Phi) is 6.53. The highest BCUT2D eigenvalue weighted by molar-refractivity contribution is 6.12. The van der Waals surface area contributed by atoms with Gasteiger partial charge in [-0.2, -0.15) is 0 Å². The number of para-hydroxylation sites is 2. The summed E-state index contributed by atoms with van der Waals surface area (Å²) >= 11 is 0. The maximum Gasteiger partial charge on any atom is 0.135 e. The molecular formula is C48H31NO. The molecule has 8 aromatic carbocycles. The molecule has 2 nitrogen and oxygen atoms in total. The molecule has 0 unspecified atom stereocenters. The van der Waals surface area contributed by atoms with Crippen molar-refractivity contribution in [3.63, 3.8) is 0 Å².